The van der Waals surface area contributed by atoms with Crippen molar-refractivity contribution in [1.82, 2.24) is 9.80 Å². The average Bonchev–Trinajstić information content (AvgIpc) is 2.75. The molecule has 1 rings (SSSR count). The first kappa shape index (κ1) is 16.4. The van der Waals surface area contributed by atoms with Crippen molar-refractivity contribution in [2.45, 2.75) is 50.6 Å². The Bertz CT molecular complexity index is 296. The lowest BCUT2D eigenvalue weighted by atomic mass is 9.92. The van der Waals surface area contributed by atoms with Crippen LogP contribution in [0.2, 0.25) is 0 Å². The summed E-state index contributed by atoms with van der Waals surface area (Å²) in [6.07, 6.45) is 4.41. The molecule has 5 heteroatoms. The Morgan fingerprint density at radius 2 is 2.21 bits per heavy atom. The van der Waals surface area contributed by atoms with E-state index in [1.54, 1.807) is 0 Å². The summed E-state index contributed by atoms with van der Waals surface area (Å²) < 4.78 is 0. The van der Waals surface area contributed by atoms with Crippen molar-refractivity contribution in [3.63, 3.8) is 0 Å². The molecule has 0 saturated carbocycles. The Labute approximate surface area is 116 Å². The summed E-state index contributed by atoms with van der Waals surface area (Å²) in [6.45, 7) is 5.03. The number of carboxylic acids is 1. The van der Waals surface area contributed by atoms with Crippen LogP contribution < -0.4 is 5.73 Å². The van der Waals surface area contributed by atoms with Gasteiger partial charge in [0.25, 0.3) is 0 Å². The zero-order valence-corrected chi connectivity index (χ0v) is 12.6. The molecule has 1 aliphatic rings. The summed E-state index contributed by atoms with van der Waals surface area (Å²) in [7, 11) is 4.20. The maximum atomic E-state index is 11.1. The fraction of sp³-hybridized carbons (Fsp3) is 0.929. The number of carboxylic acid groups (broad SMARTS) is 1. The summed E-state index contributed by atoms with van der Waals surface area (Å²) in [4.78, 5) is 15.8. The van der Waals surface area contributed by atoms with Gasteiger partial charge in [-0.05, 0) is 59.3 Å². The quantitative estimate of drug-likeness (QED) is 0.689. The minimum Gasteiger partial charge on any atom is -0.480 e. The van der Waals surface area contributed by atoms with Crippen molar-refractivity contribution in [2.75, 3.05) is 33.7 Å². The molecular formula is C14H29N3O2. The predicted molar refractivity (Wildman–Crippen MR) is 77.2 cm³/mol. The van der Waals surface area contributed by atoms with Gasteiger partial charge in [-0.2, -0.15) is 0 Å². The first-order valence-corrected chi connectivity index (χ1v) is 7.30. The van der Waals surface area contributed by atoms with Crippen LogP contribution in [0.1, 0.15) is 39.0 Å². The van der Waals surface area contributed by atoms with Crippen LogP contribution in [-0.2, 0) is 4.79 Å². The number of aliphatic carboxylic acids is 1. The number of likely N-dealkylation sites (N-methyl/N-ethyl adjacent to an activating group) is 1. The Hall–Kier alpha value is -0.650. The highest BCUT2D eigenvalue weighted by Gasteiger charge is 2.32. The highest BCUT2D eigenvalue weighted by molar-refractivity contribution is 5.78. The van der Waals surface area contributed by atoms with Gasteiger partial charge in [0.15, 0.2) is 0 Å². The van der Waals surface area contributed by atoms with E-state index < -0.39 is 11.5 Å². The monoisotopic (exact) mass is 271 g/mol. The number of hydrogen-bond acceptors (Lipinski definition) is 4. The van der Waals surface area contributed by atoms with E-state index in [-0.39, 0.29) is 0 Å². The van der Waals surface area contributed by atoms with Gasteiger partial charge in [0, 0.05) is 12.6 Å². The summed E-state index contributed by atoms with van der Waals surface area (Å²) in [5, 5.41) is 9.15. The van der Waals surface area contributed by atoms with E-state index in [1.807, 2.05) is 6.92 Å². The normalized spacial score (nSPS) is 23.7. The SMILES string of the molecule is CCC(N)(CCCN1CCCC1CN(C)C)C(=O)O. The third-order valence-electron chi connectivity index (χ3n) is 4.20. The zero-order chi connectivity index (χ0) is 14.5. The van der Waals surface area contributed by atoms with Crippen molar-refractivity contribution in [1.29, 1.82) is 0 Å². The maximum Gasteiger partial charge on any atom is 0.323 e. The van der Waals surface area contributed by atoms with Crippen LogP contribution in [-0.4, -0.2) is 66.2 Å². The first-order chi connectivity index (χ1) is 8.89. The molecule has 112 valence electrons. The third-order valence-corrected chi connectivity index (χ3v) is 4.20. The molecule has 0 aromatic carbocycles. The number of hydrogen-bond donors (Lipinski definition) is 2. The molecule has 1 heterocycles. The van der Waals surface area contributed by atoms with Crippen LogP contribution in [0.25, 0.3) is 0 Å². The van der Waals surface area contributed by atoms with E-state index in [4.69, 9.17) is 10.8 Å². The molecule has 0 aromatic heterocycles. The summed E-state index contributed by atoms with van der Waals surface area (Å²) >= 11 is 0. The summed E-state index contributed by atoms with van der Waals surface area (Å²) in [5.74, 6) is -0.874. The number of carbonyl (C=O) groups is 1. The van der Waals surface area contributed by atoms with E-state index in [1.165, 1.54) is 12.8 Å². The average molecular weight is 271 g/mol. The van der Waals surface area contributed by atoms with Gasteiger partial charge in [-0.15, -0.1) is 0 Å². The van der Waals surface area contributed by atoms with Crippen LogP contribution >= 0.6 is 0 Å². The Morgan fingerprint density at radius 1 is 1.53 bits per heavy atom. The van der Waals surface area contributed by atoms with Crippen LogP contribution in [0.3, 0.4) is 0 Å². The number of rotatable bonds is 8. The van der Waals surface area contributed by atoms with Crippen LogP contribution in [0.4, 0.5) is 0 Å². The van der Waals surface area contributed by atoms with Crippen LogP contribution in [0.15, 0.2) is 0 Å². The molecule has 1 fully saturated rings. The van der Waals surface area contributed by atoms with Crippen molar-refractivity contribution in [3.05, 3.63) is 0 Å². The van der Waals surface area contributed by atoms with E-state index in [0.717, 1.165) is 26.1 Å². The Balaban J connectivity index is 2.37. The van der Waals surface area contributed by atoms with E-state index in [2.05, 4.69) is 23.9 Å². The molecule has 5 nitrogen and oxygen atoms in total. The lowest BCUT2D eigenvalue weighted by Crippen LogP contribution is -2.48. The molecule has 1 saturated heterocycles. The second-order valence-corrected chi connectivity index (χ2v) is 6.01. The van der Waals surface area contributed by atoms with Gasteiger partial charge in [0.2, 0.25) is 0 Å². The lowest BCUT2D eigenvalue weighted by molar-refractivity contribution is -0.143. The molecule has 2 unspecified atom stereocenters. The summed E-state index contributed by atoms with van der Waals surface area (Å²) in [5.41, 5.74) is 4.87. The molecule has 3 N–H and O–H groups in total. The standard InChI is InChI=1S/C14H29N3O2/c1-4-14(15,13(18)19)8-6-10-17-9-5-7-12(17)11-16(2)3/h12H,4-11,15H2,1-3H3,(H,18,19). The largest absolute Gasteiger partial charge is 0.480 e. The van der Waals surface area contributed by atoms with Gasteiger partial charge >= 0.3 is 5.97 Å². The zero-order valence-electron chi connectivity index (χ0n) is 12.6. The Morgan fingerprint density at radius 3 is 2.74 bits per heavy atom. The number of likely N-dealkylation sites (tertiary alicyclic amines) is 1. The smallest absolute Gasteiger partial charge is 0.323 e. The topological polar surface area (TPSA) is 69.8 Å². The highest BCUT2D eigenvalue weighted by Crippen LogP contribution is 2.20. The number of nitrogens with two attached hydrogens (primary N) is 1. The molecular weight excluding hydrogens is 242 g/mol. The van der Waals surface area contributed by atoms with Gasteiger partial charge in [0.05, 0.1) is 0 Å². The van der Waals surface area contributed by atoms with Gasteiger partial charge in [-0.1, -0.05) is 6.92 Å². The molecule has 0 aliphatic carbocycles. The Kier molecular flexibility index (Phi) is 6.23. The highest BCUT2D eigenvalue weighted by atomic mass is 16.4. The number of nitrogens with zero attached hydrogens (tertiary/aromatic N) is 2. The molecule has 0 amide bonds. The predicted octanol–water partition coefficient (Wildman–Crippen LogP) is 0.985. The van der Waals surface area contributed by atoms with E-state index in [0.29, 0.717) is 18.9 Å². The second kappa shape index (κ2) is 7.22. The fourth-order valence-corrected chi connectivity index (χ4v) is 2.85. The van der Waals surface area contributed by atoms with Crippen LogP contribution in [0, 0.1) is 0 Å². The third kappa shape index (κ3) is 4.75. The van der Waals surface area contributed by atoms with Crippen molar-refractivity contribution in [2.24, 2.45) is 5.73 Å². The minimum absolute atomic E-state index is 0.490. The molecule has 2 atom stereocenters. The lowest BCUT2D eigenvalue weighted by Gasteiger charge is -2.29. The molecule has 0 spiro atoms. The fourth-order valence-electron chi connectivity index (χ4n) is 2.85. The minimum atomic E-state index is -1.04. The molecule has 1 aliphatic heterocycles. The maximum absolute atomic E-state index is 11.1. The van der Waals surface area contributed by atoms with Crippen LogP contribution in [0.5, 0.6) is 0 Å². The van der Waals surface area contributed by atoms with Crippen molar-refractivity contribution >= 4 is 5.97 Å². The summed E-state index contributed by atoms with van der Waals surface area (Å²) in [6, 6.07) is 0.619. The van der Waals surface area contributed by atoms with Gasteiger partial charge in [-0.25, -0.2) is 0 Å². The second-order valence-electron chi connectivity index (χ2n) is 6.01. The van der Waals surface area contributed by atoms with Gasteiger partial charge in [-0.3, -0.25) is 9.69 Å². The molecule has 0 radical (unpaired) electrons. The van der Waals surface area contributed by atoms with Gasteiger partial charge in [0.1, 0.15) is 5.54 Å². The van der Waals surface area contributed by atoms with E-state index in [9.17, 15) is 4.79 Å². The molecule has 19 heavy (non-hydrogen) atoms. The van der Waals surface area contributed by atoms with Crippen molar-refractivity contribution < 1.29 is 9.90 Å². The van der Waals surface area contributed by atoms with Crippen molar-refractivity contribution in [3.8, 4) is 0 Å². The van der Waals surface area contributed by atoms with Gasteiger partial charge < -0.3 is 15.7 Å². The first-order valence-electron chi connectivity index (χ1n) is 7.30. The van der Waals surface area contributed by atoms with E-state index >= 15 is 0 Å². The molecule has 0 aromatic rings. The molecule has 0 bridgehead atoms.